The largest absolute Gasteiger partial charge is 0.371 e. The molecule has 3 aromatic carbocycles. The predicted molar refractivity (Wildman–Crippen MR) is 173 cm³/mol. The molecule has 2 N–H and O–H groups in total. The van der Waals surface area contributed by atoms with Gasteiger partial charge in [0.2, 0.25) is 0 Å². The van der Waals surface area contributed by atoms with Crippen molar-refractivity contribution in [2.45, 2.75) is 26.3 Å². The molecular weight excluding hydrogens is 572 g/mol. The van der Waals surface area contributed by atoms with Crippen LogP contribution in [-0.2, 0) is 6.54 Å². The number of hydrogen-bond donors (Lipinski definition) is 2. The van der Waals surface area contributed by atoms with Gasteiger partial charge in [0.1, 0.15) is 0 Å². The minimum absolute atomic E-state index is 0.130. The molecule has 0 aromatic heterocycles. The van der Waals surface area contributed by atoms with E-state index >= 15 is 0 Å². The topological polar surface area (TPSA) is 94.0 Å². The molecular formula is C31H35ClN6O3S. The third kappa shape index (κ3) is 7.36. The summed E-state index contributed by atoms with van der Waals surface area (Å²) >= 11 is 11.8. The van der Waals surface area contributed by atoms with E-state index in [1.165, 1.54) is 12.1 Å². The summed E-state index contributed by atoms with van der Waals surface area (Å²) in [5, 5.41) is 18.1. The molecule has 0 saturated carbocycles. The number of piperidine rings is 1. The Kier molecular flexibility index (Phi) is 9.56. The van der Waals surface area contributed by atoms with Gasteiger partial charge >= 0.3 is 0 Å². The lowest BCUT2D eigenvalue weighted by Crippen LogP contribution is -2.46. The van der Waals surface area contributed by atoms with Crippen molar-refractivity contribution in [3.05, 3.63) is 93.0 Å². The Labute approximate surface area is 256 Å². The third-order valence-electron chi connectivity index (χ3n) is 8.00. The fourth-order valence-corrected chi connectivity index (χ4v) is 5.87. The van der Waals surface area contributed by atoms with Crippen molar-refractivity contribution in [3.63, 3.8) is 0 Å². The zero-order valence-electron chi connectivity index (χ0n) is 23.6. The molecule has 2 heterocycles. The summed E-state index contributed by atoms with van der Waals surface area (Å²) in [6.07, 6.45) is 2.01. The second kappa shape index (κ2) is 13.5. The maximum absolute atomic E-state index is 13.3. The van der Waals surface area contributed by atoms with Gasteiger partial charge in [-0.3, -0.25) is 25.1 Å². The minimum Gasteiger partial charge on any atom is -0.371 e. The van der Waals surface area contributed by atoms with Crippen LogP contribution in [0, 0.1) is 16.0 Å². The van der Waals surface area contributed by atoms with Crippen LogP contribution in [0.5, 0.6) is 0 Å². The summed E-state index contributed by atoms with van der Waals surface area (Å²) in [7, 11) is 0. The van der Waals surface area contributed by atoms with Gasteiger partial charge in [0.15, 0.2) is 5.11 Å². The summed E-state index contributed by atoms with van der Waals surface area (Å²) in [5.41, 5.74) is 3.80. The van der Waals surface area contributed by atoms with Gasteiger partial charge in [0.25, 0.3) is 11.6 Å². The van der Waals surface area contributed by atoms with Crippen LogP contribution in [0.1, 0.15) is 35.7 Å². The van der Waals surface area contributed by atoms with E-state index < -0.39 is 10.8 Å². The van der Waals surface area contributed by atoms with Gasteiger partial charge in [-0.1, -0.05) is 36.7 Å². The minimum atomic E-state index is -0.490. The number of nitro groups is 1. The lowest BCUT2D eigenvalue weighted by molar-refractivity contribution is -0.384. The normalized spacial score (nSPS) is 16.2. The summed E-state index contributed by atoms with van der Waals surface area (Å²) in [6.45, 7) is 8.35. The van der Waals surface area contributed by atoms with Gasteiger partial charge in [-0.15, -0.1) is 0 Å². The number of thiocarbonyl (C=S) groups is 1. The Morgan fingerprint density at radius 2 is 1.67 bits per heavy atom. The Hall–Kier alpha value is -3.73. The first-order chi connectivity index (χ1) is 20.3. The standard InChI is InChI=1S/C31H35ClN6O3S/c1-22-12-14-37(15-13-22)29-11-10-26(38(40)41)20-27(29)30(39)34-31(42)33-24-6-8-25(9-7-24)36-18-16-35(17-19-36)21-23-4-2-3-5-28(23)32/h2-11,20,22H,12-19,21H2,1H3,(H2,33,34,39,42). The van der Waals surface area contributed by atoms with Crippen LogP contribution in [0.4, 0.5) is 22.7 Å². The van der Waals surface area contributed by atoms with Gasteiger partial charge < -0.3 is 15.1 Å². The number of carbonyl (C=O) groups is 1. The molecule has 2 aliphatic rings. The van der Waals surface area contributed by atoms with Gasteiger partial charge in [0, 0.05) is 74.3 Å². The Morgan fingerprint density at radius 1 is 0.976 bits per heavy atom. The molecule has 42 heavy (non-hydrogen) atoms. The smallest absolute Gasteiger partial charge is 0.270 e. The number of hydrogen-bond acceptors (Lipinski definition) is 7. The average molecular weight is 607 g/mol. The van der Waals surface area contributed by atoms with Crippen molar-refractivity contribution in [3.8, 4) is 0 Å². The van der Waals surface area contributed by atoms with E-state index in [-0.39, 0.29) is 16.4 Å². The molecule has 0 radical (unpaired) electrons. The molecule has 220 valence electrons. The van der Waals surface area contributed by atoms with Gasteiger partial charge in [-0.25, -0.2) is 0 Å². The van der Waals surface area contributed by atoms with E-state index in [2.05, 4.69) is 38.3 Å². The van der Waals surface area contributed by atoms with Crippen molar-refractivity contribution < 1.29 is 9.72 Å². The van der Waals surface area contributed by atoms with Crippen LogP contribution in [0.15, 0.2) is 66.7 Å². The van der Waals surface area contributed by atoms with E-state index in [0.717, 1.165) is 80.6 Å². The number of nitrogens with zero attached hydrogens (tertiary/aromatic N) is 4. The first-order valence-electron chi connectivity index (χ1n) is 14.2. The predicted octanol–water partition coefficient (Wildman–Crippen LogP) is 5.93. The molecule has 0 unspecified atom stereocenters. The average Bonchev–Trinajstić information content (AvgIpc) is 2.99. The van der Waals surface area contributed by atoms with Crippen LogP contribution >= 0.6 is 23.8 Å². The Bertz CT molecular complexity index is 1440. The number of non-ortho nitro benzene ring substituents is 1. The number of amides is 1. The molecule has 11 heteroatoms. The maximum Gasteiger partial charge on any atom is 0.270 e. The number of carbonyl (C=O) groups excluding carboxylic acids is 1. The van der Waals surface area contributed by atoms with E-state index in [1.54, 1.807) is 6.07 Å². The van der Waals surface area contributed by atoms with E-state index in [9.17, 15) is 14.9 Å². The van der Waals surface area contributed by atoms with E-state index in [4.69, 9.17) is 23.8 Å². The molecule has 0 spiro atoms. The first kappa shape index (κ1) is 29.8. The SMILES string of the molecule is CC1CCN(c2ccc([N+](=O)[O-])cc2C(=O)NC(=S)Nc2ccc(N3CCN(Cc4ccccc4Cl)CC3)cc2)CC1. The zero-order chi connectivity index (χ0) is 29.6. The van der Waals surface area contributed by atoms with Crippen LogP contribution in [0.2, 0.25) is 5.02 Å². The maximum atomic E-state index is 13.3. The number of halogens is 1. The molecule has 1 amide bonds. The second-order valence-electron chi connectivity index (χ2n) is 10.9. The number of benzene rings is 3. The van der Waals surface area contributed by atoms with Crippen LogP contribution in [0.3, 0.4) is 0 Å². The lowest BCUT2D eigenvalue weighted by atomic mass is 9.98. The highest BCUT2D eigenvalue weighted by atomic mass is 35.5. The van der Waals surface area contributed by atoms with Crippen molar-refractivity contribution in [1.29, 1.82) is 0 Å². The van der Waals surface area contributed by atoms with Gasteiger partial charge in [-0.2, -0.15) is 0 Å². The van der Waals surface area contributed by atoms with Crippen LogP contribution < -0.4 is 20.4 Å². The molecule has 2 fully saturated rings. The first-order valence-corrected chi connectivity index (χ1v) is 15.0. The third-order valence-corrected chi connectivity index (χ3v) is 8.57. The lowest BCUT2D eigenvalue weighted by Gasteiger charge is -2.36. The highest BCUT2D eigenvalue weighted by molar-refractivity contribution is 7.80. The molecule has 2 saturated heterocycles. The van der Waals surface area contributed by atoms with Crippen molar-refractivity contribution in [1.82, 2.24) is 10.2 Å². The number of nitro benzene ring substituents is 1. The van der Waals surface area contributed by atoms with Crippen molar-refractivity contribution in [2.24, 2.45) is 5.92 Å². The summed E-state index contributed by atoms with van der Waals surface area (Å²) in [4.78, 5) is 31.1. The Balaban J connectivity index is 1.17. The summed E-state index contributed by atoms with van der Waals surface area (Å²) < 4.78 is 0. The number of piperazine rings is 1. The molecule has 0 aliphatic carbocycles. The van der Waals surface area contributed by atoms with Crippen LogP contribution in [0.25, 0.3) is 0 Å². The van der Waals surface area contributed by atoms with Gasteiger partial charge in [-0.05, 0) is 72.9 Å². The number of rotatable bonds is 7. The fraction of sp³-hybridized carbons (Fsp3) is 0.355. The fourth-order valence-electron chi connectivity index (χ4n) is 5.46. The molecule has 0 atom stereocenters. The quantitative estimate of drug-likeness (QED) is 0.194. The Morgan fingerprint density at radius 3 is 2.33 bits per heavy atom. The number of anilines is 3. The molecule has 3 aromatic rings. The molecule has 5 rings (SSSR count). The molecule has 2 aliphatic heterocycles. The van der Waals surface area contributed by atoms with E-state index in [1.807, 2.05) is 42.5 Å². The zero-order valence-corrected chi connectivity index (χ0v) is 25.2. The van der Waals surface area contributed by atoms with Gasteiger partial charge in [0.05, 0.1) is 16.2 Å². The van der Waals surface area contributed by atoms with E-state index in [0.29, 0.717) is 11.6 Å². The monoisotopic (exact) mass is 606 g/mol. The second-order valence-corrected chi connectivity index (χ2v) is 11.8. The highest BCUT2D eigenvalue weighted by Gasteiger charge is 2.24. The van der Waals surface area contributed by atoms with Crippen LogP contribution in [-0.4, -0.2) is 60.1 Å². The summed E-state index contributed by atoms with van der Waals surface area (Å²) in [5.74, 6) is 0.139. The highest BCUT2D eigenvalue weighted by Crippen LogP contribution is 2.29. The van der Waals surface area contributed by atoms with Crippen molar-refractivity contribution >= 4 is 57.6 Å². The van der Waals surface area contributed by atoms with Crippen molar-refractivity contribution in [2.75, 3.05) is 54.4 Å². The summed E-state index contributed by atoms with van der Waals surface area (Å²) in [6, 6.07) is 20.3. The molecule has 9 nitrogen and oxygen atoms in total. The molecule has 0 bridgehead atoms. The number of nitrogens with one attached hydrogen (secondary N) is 2.